The lowest BCUT2D eigenvalue weighted by Crippen LogP contribution is -2.19. The van der Waals surface area contributed by atoms with E-state index >= 15 is 0 Å². The third kappa shape index (κ3) is 3.96. The van der Waals surface area contributed by atoms with Crippen LogP contribution < -0.4 is 5.73 Å². The molecule has 2 heterocycles. The molecule has 0 aromatic heterocycles. The molecule has 2 N–H and O–H groups in total. The van der Waals surface area contributed by atoms with Crippen molar-refractivity contribution in [2.75, 3.05) is 13.2 Å². The molecule has 2 aliphatic heterocycles. The summed E-state index contributed by atoms with van der Waals surface area (Å²) in [7, 11) is 0. The van der Waals surface area contributed by atoms with Crippen molar-refractivity contribution in [2.24, 2.45) is 22.6 Å². The number of carbonyl (C=O) groups excluding carboxylic acids is 2. The predicted octanol–water partition coefficient (Wildman–Crippen LogP) is 0.937. The van der Waals surface area contributed by atoms with E-state index in [4.69, 9.17) is 15.2 Å². The van der Waals surface area contributed by atoms with Gasteiger partial charge in [0.1, 0.15) is 6.10 Å². The molecule has 0 aromatic carbocycles. The zero-order valence-corrected chi connectivity index (χ0v) is 12.5. The standard InChI is InChI=1S/C13H20N2O4S/c1-7(2)5-18-6-9-3-8(12(17)19-9)4-10-11(16)15-13(14)20-10/h7-10H,3-6H2,1-2H3,(H2,14,15,16)/t8-,9-,10+/m0/s1. The van der Waals surface area contributed by atoms with E-state index in [0.717, 1.165) is 0 Å². The van der Waals surface area contributed by atoms with Gasteiger partial charge in [-0.15, -0.1) is 0 Å². The van der Waals surface area contributed by atoms with Crippen LogP contribution in [0.25, 0.3) is 0 Å². The fraction of sp³-hybridized carbons (Fsp3) is 0.769. The van der Waals surface area contributed by atoms with Crippen LogP contribution in [0.15, 0.2) is 4.99 Å². The summed E-state index contributed by atoms with van der Waals surface area (Å²) >= 11 is 1.22. The maximum absolute atomic E-state index is 11.8. The summed E-state index contributed by atoms with van der Waals surface area (Å²) in [5.74, 6) is -0.303. The smallest absolute Gasteiger partial charge is 0.309 e. The van der Waals surface area contributed by atoms with Crippen LogP contribution in [0, 0.1) is 11.8 Å². The van der Waals surface area contributed by atoms with E-state index in [9.17, 15) is 9.59 Å². The van der Waals surface area contributed by atoms with E-state index in [0.29, 0.717) is 32.0 Å². The molecule has 6 nitrogen and oxygen atoms in total. The van der Waals surface area contributed by atoms with Crippen molar-refractivity contribution in [3.05, 3.63) is 0 Å². The second kappa shape index (κ2) is 6.58. The maximum Gasteiger partial charge on any atom is 0.309 e. The van der Waals surface area contributed by atoms with Gasteiger partial charge in [0.2, 0.25) is 0 Å². The van der Waals surface area contributed by atoms with Crippen LogP contribution in [0.3, 0.4) is 0 Å². The number of hydrogen-bond donors (Lipinski definition) is 1. The molecule has 112 valence electrons. The summed E-state index contributed by atoms with van der Waals surface area (Å²) < 4.78 is 10.8. The summed E-state index contributed by atoms with van der Waals surface area (Å²) in [5.41, 5.74) is 5.50. The number of thioether (sulfide) groups is 1. The Kier molecular flexibility index (Phi) is 5.04. The average molecular weight is 300 g/mol. The Morgan fingerprint density at radius 1 is 1.50 bits per heavy atom. The van der Waals surface area contributed by atoms with Gasteiger partial charge in [0.25, 0.3) is 5.91 Å². The van der Waals surface area contributed by atoms with Gasteiger partial charge in [0.15, 0.2) is 5.17 Å². The van der Waals surface area contributed by atoms with Crippen molar-refractivity contribution in [1.82, 2.24) is 0 Å². The number of ether oxygens (including phenoxy) is 2. The molecule has 2 aliphatic rings. The van der Waals surface area contributed by atoms with Gasteiger partial charge in [-0.05, 0) is 18.8 Å². The largest absolute Gasteiger partial charge is 0.460 e. The van der Waals surface area contributed by atoms with Crippen LogP contribution >= 0.6 is 11.8 Å². The van der Waals surface area contributed by atoms with Crippen LogP contribution in [0.5, 0.6) is 0 Å². The first-order chi connectivity index (χ1) is 9.45. The molecule has 3 atom stereocenters. The number of esters is 1. The monoisotopic (exact) mass is 300 g/mol. The number of rotatable bonds is 6. The maximum atomic E-state index is 11.8. The Balaban J connectivity index is 1.77. The first kappa shape index (κ1) is 15.3. The molecule has 0 aromatic rings. The van der Waals surface area contributed by atoms with Crippen molar-refractivity contribution in [3.63, 3.8) is 0 Å². The minimum atomic E-state index is -0.345. The molecular formula is C13H20N2O4S. The van der Waals surface area contributed by atoms with Crippen molar-refractivity contribution < 1.29 is 19.1 Å². The van der Waals surface area contributed by atoms with E-state index in [1.807, 2.05) is 0 Å². The van der Waals surface area contributed by atoms with Crippen molar-refractivity contribution in [2.45, 2.75) is 38.0 Å². The first-order valence-corrected chi connectivity index (χ1v) is 7.66. The molecule has 1 amide bonds. The number of nitrogens with two attached hydrogens (primary N) is 1. The predicted molar refractivity (Wildman–Crippen MR) is 76.3 cm³/mol. The molecule has 2 rings (SSSR count). The van der Waals surface area contributed by atoms with Crippen LogP contribution in [-0.4, -0.2) is 41.6 Å². The van der Waals surface area contributed by atoms with Gasteiger partial charge < -0.3 is 15.2 Å². The molecule has 0 spiro atoms. The first-order valence-electron chi connectivity index (χ1n) is 6.78. The Bertz CT molecular complexity index is 425. The lowest BCUT2D eigenvalue weighted by Gasteiger charge is -2.11. The lowest BCUT2D eigenvalue weighted by atomic mass is 9.99. The molecule has 1 fully saturated rings. The van der Waals surface area contributed by atoms with Crippen LogP contribution in [0.2, 0.25) is 0 Å². The van der Waals surface area contributed by atoms with Gasteiger partial charge in [0.05, 0.1) is 17.8 Å². The number of hydrogen-bond acceptors (Lipinski definition) is 6. The second-order valence-corrected chi connectivity index (χ2v) is 6.78. The van der Waals surface area contributed by atoms with Gasteiger partial charge in [-0.1, -0.05) is 25.6 Å². The third-order valence-electron chi connectivity index (χ3n) is 3.18. The van der Waals surface area contributed by atoms with E-state index < -0.39 is 0 Å². The molecular weight excluding hydrogens is 280 g/mol. The number of cyclic esters (lactones) is 1. The summed E-state index contributed by atoms with van der Waals surface area (Å²) in [6, 6.07) is 0. The number of aliphatic imine (C=N–C) groups is 1. The molecule has 0 saturated carbocycles. The molecule has 20 heavy (non-hydrogen) atoms. The third-order valence-corrected chi connectivity index (χ3v) is 4.19. The molecule has 0 radical (unpaired) electrons. The molecule has 0 bridgehead atoms. The molecule has 1 saturated heterocycles. The van der Waals surface area contributed by atoms with Crippen LogP contribution in [0.4, 0.5) is 0 Å². The van der Waals surface area contributed by atoms with Gasteiger partial charge in [0, 0.05) is 6.61 Å². The molecule has 0 aliphatic carbocycles. The molecule has 0 unspecified atom stereocenters. The number of carbonyl (C=O) groups is 2. The summed E-state index contributed by atoms with van der Waals surface area (Å²) in [5, 5.41) is -0.0638. The highest BCUT2D eigenvalue weighted by atomic mass is 32.2. The van der Waals surface area contributed by atoms with Crippen LogP contribution in [-0.2, 0) is 19.1 Å². The second-order valence-electron chi connectivity index (χ2n) is 5.55. The van der Waals surface area contributed by atoms with E-state index in [-0.39, 0.29) is 34.3 Å². The van der Waals surface area contributed by atoms with E-state index in [1.54, 1.807) is 0 Å². The van der Waals surface area contributed by atoms with Gasteiger partial charge >= 0.3 is 5.97 Å². The summed E-state index contributed by atoms with van der Waals surface area (Å²) in [6.07, 6.45) is 0.833. The van der Waals surface area contributed by atoms with E-state index in [1.165, 1.54) is 11.8 Å². The number of amidine groups is 1. The Hall–Kier alpha value is -1.08. The summed E-state index contributed by atoms with van der Waals surface area (Å²) in [6.45, 7) is 5.21. The minimum Gasteiger partial charge on any atom is -0.460 e. The van der Waals surface area contributed by atoms with Crippen molar-refractivity contribution in [3.8, 4) is 0 Å². The van der Waals surface area contributed by atoms with Crippen LogP contribution in [0.1, 0.15) is 26.7 Å². The van der Waals surface area contributed by atoms with Gasteiger partial charge in [-0.2, -0.15) is 4.99 Å². The Morgan fingerprint density at radius 2 is 2.25 bits per heavy atom. The van der Waals surface area contributed by atoms with E-state index in [2.05, 4.69) is 18.8 Å². The molecule has 7 heteroatoms. The normalized spacial score (nSPS) is 29.9. The number of nitrogens with zero attached hydrogens (tertiary/aromatic N) is 1. The highest BCUT2D eigenvalue weighted by Gasteiger charge is 2.39. The highest BCUT2D eigenvalue weighted by Crippen LogP contribution is 2.32. The lowest BCUT2D eigenvalue weighted by molar-refractivity contribution is -0.146. The van der Waals surface area contributed by atoms with Gasteiger partial charge in [-0.25, -0.2) is 0 Å². The van der Waals surface area contributed by atoms with Gasteiger partial charge in [-0.3, -0.25) is 9.59 Å². The van der Waals surface area contributed by atoms with Crippen molar-refractivity contribution in [1.29, 1.82) is 0 Å². The minimum absolute atomic E-state index is 0.203. The summed E-state index contributed by atoms with van der Waals surface area (Å²) in [4.78, 5) is 27.0. The Labute approximate surface area is 122 Å². The topological polar surface area (TPSA) is 91.0 Å². The zero-order chi connectivity index (χ0) is 14.7. The Morgan fingerprint density at radius 3 is 2.85 bits per heavy atom. The SMILES string of the molecule is CC(C)COC[C@@H]1C[C@@H](C[C@H]2SC(N)=NC2=O)C(=O)O1. The van der Waals surface area contributed by atoms with Crippen molar-refractivity contribution >= 4 is 28.8 Å². The zero-order valence-electron chi connectivity index (χ0n) is 11.7. The fourth-order valence-electron chi connectivity index (χ4n) is 2.26. The fourth-order valence-corrected chi connectivity index (χ4v) is 3.18. The highest BCUT2D eigenvalue weighted by molar-refractivity contribution is 8.15. The average Bonchev–Trinajstić information content (AvgIpc) is 2.83. The number of amides is 1. The quantitative estimate of drug-likeness (QED) is 0.734.